The quantitative estimate of drug-likeness (QED) is 0.592. The number of pyridine rings is 1. The molecule has 1 heterocycles. The molecular weight excluding hydrogens is 254 g/mol. The summed E-state index contributed by atoms with van der Waals surface area (Å²) in [6, 6.07) is 8.86. The molecule has 0 spiro atoms. The van der Waals surface area contributed by atoms with Crippen molar-refractivity contribution < 1.29 is 8.22 Å². The van der Waals surface area contributed by atoms with Gasteiger partial charge in [0, 0.05) is 21.2 Å². The number of nitrogens with zero attached hydrogens (tertiary/aromatic N) is 1. The van der Waals surface area contributed by atoms with Gasteiger partial charge in [0.1, 0.15) is 0 Å². The van der Waals surface area contributed by atoms with Crippen LogP contribution >= 0.6 is 0 Å². The molecule has 2 aromatic carbocycles. The van der Waals surface area contributed by atoms with Crippen molar-refractivity contribution in [3.63, 3.8) is 0 Å². The molecule has 0 aliphatic rings. The Kier molecular flexibility index (Phi) is 2.11. The molecule has 1 heteroatoms. The zero-order valence-electron chi connectivity index (χ0n) is 18.4. The van der Waals surface area contributed by atoms with Crippen LogP contribution in [0.5, 0.6) is 0 Å². The number of benzene rings is 2. The maximum absolute atomic E-state index is 8.41. The van der Waals surface area contributed by atoms with E-state index >= 15 is 0 Å². The van der Waals surface area contributed by atoms with Gasteiger partial charge in [-0.25, -0.2) is 0 Å². The number of aromatic nitrogens is 1. The smallest absolute Gasteiger partial charge is 0.0840 e. The van der Waals surface area contributed by atoms with Gasteiger partial charge in [0.05, 0.1) is 9.81 Å². The second-order valence-electron chi connectivity index (χ2n) is 5.62. The van der Waals surface area contributed by atoms with Gasteiger partial charge in [-0.15, -0.1) is 0 Å². The fourth-order valence-electron chi connectivity index (χ4n) is 2.48. The molecule has 21 heavy (non-hydrogen) atoms. The summed E-state index contributed by atoms with van der Waals surface area (Å²) < 4.78 is 47.8. The molecule has 0 fully saturated rings. The Morgan fingerprint density at radius 3 is 2.76 bits per heavy atom. The maximum atomic E-state index is 8.41. The van der Waals surface area contributed by atoms with Crippen molar-refractivity contribution in [2.24, 2.45) is 0 Å². The zero-order chi connectivity index (χ0) is 20.1. The molecule has 1 aromatic heterocycles. The Hall–Kier alpha value is -2.15. The Bertz CT molecular complexity index is 1040. The number of hydrogen-bond acceptors (Lipinski definition) is 1. The SMILES string of the molecule is [2H]c1nc(-c2cc(C([2H])([2H])[2H])cc(C)c2[2H])c2ccc(C(C)C)cc2c1[2H]. The van der Waals surface area contributed by atoms with Crippen LogP contribution in [0.2, 0.25) is 0 Å². The minimum Gasteiger partial charge on any atom is -0.256 e. The van der Waals surface area contributed by atoms with Crippen LogP contribution in [0.15, 0.2) is 48.6 Å². The van der Waals surface area contributed by atoms with E-state index in [9.17, 15) is 0 Å². The molecule has 0 N–H and O–H groups in total. The van der Waals surface area contributed by atoms with E-state index in [0.717, 1.165) is 5.56 Å². The topological polar surface area (TPSA) is 12.9 Å². The van der Waals surface area contributed by atoms with Crippen LogP contribution < -0.4 is 0 Å². The van der Waals surface area contributed by atoms with Crippen molar-refractivity contribution in [3.8, 4) is 11.3 Å². The van der Waals surface area contributed by atoms with Crippen molar-refractivity contribution in [2.75, 3.05) is 0 Å². The van der Waals surface area contributed by atoms with E-state index in [4.69, 9.17) is 8.22 Å². The molecule has 0 unspecified atom stereocenters. The summed E-state index contributed by atoms with van der Waals surface area (Å²) in [4.78, 5) is 4.25. The van der Waals surface area contributed by atoms with Crippen LogP contribution in [-0.2, 0) is 0 Å². The van der Waals surface area contributed by atoms with Crippen LogP contribution in [0.1, 0.15) is 44.7 Å². The van der Waals surface area contributed by atoms with Gasteiger partial charge < -0.3 is 0 Å². The predicted octanol–water partition coefficient (Wildman–Crippen LogP) is 5.64. The standard InChI is InChI=1S/C20H21N/c1-13(2)16-5-6-19-17(12-16)7-8-21-20(19)18-10-14(3)9-15(4)11-18/h5-13H,1-4H3/i3D3,7D,8D,11D. The molecular formula is C20H21N. The lowest BCUT2D eigenvalue weighted by Gasteiger charge is -2.11. The summed E-state index contributed by atoms with van der Waals surface area (Å²) in [7, 11) is 0. The largest absolute Gasteiger partial charge is 0.256 e. The zero-order valence-corrected chi connectivity index (χ0v) is 12.4. The van der Waals surface area contributed by atoms with Gasteiger partial charge >= 0.3 is 0 Å². The molecule has 0 saturated heterocycles. The first-order valence-corrected chi connectivity index (χ1v) is 7.03. The fourth-order valence-corrected chi connectivity index (χ4v) is 2.48. The molecule has 0 radical (unpaired) electrons. The monoisotopic (exact) mass is 281 g/mol. The number of rotatable bonds is 2. The third kappa shape index (κ3) is 2.69. The lowest BCUT2D eigenvalue weighted by atomic mass is 9.96. The van der Waals surface area contributed by atoms with E-state index < -0.39 is 6.85 Å². The third-order valence-electron chi connectivity index (χ3n) is 3.58. The summed E-state index contributed by atoms with van der Waals surface area (Å²) in [5.74, 6) is 0.271. The Labute approximate surface area is 135 Å². The first-order valence-electron chi connectivity index (χ1n) is 10.0. The van der Waals surface area contributed by atoms with Crippen molar-refractivity contribution >= 4 is 10.8 Å². The van der Waals surface area contributed by atoms with Crippen LogP contribution in [-0.4, -0.2) is 4.98 Å². The Morgan fingerprint density at radius 1 is 1.14 bits per heavy atom. The van der Waals surface area contributed by atoms with E-state index in [1.165, 1.54) is 12.1 Å². The van der Waals surface area contributed by atoms with Crippen molar-refractivity contribution in [3.05, 3.63) is 65.3 Å². The summed E-state index contributed by atoms with van der Waals surface area (Å²) in [6.45, 7) is 3.51. The van der Waals surface area contributed by atoms with Gasteiger partial charge in [-0.3, -0.25) is 4.98 Å². The normalized spacial score (nSPS) is 16.0. The molecule has 1 nitrogen and oxygen atoms in total. The number of aryl methyl sites for hydroxylation is 2. The molecule has 0 amide bonds. The highest BCUT2D eigenvalue weighted by atomic mass is 14.7. The molecule has 3 rings (SSSR count). The molecule has 0 saturated carbocycles. The van der Waals surface area contributed by atoms with E-state index in [-0.39, 0.29) is 29.7 Å². The summed E-state index contributed by atoms with van der Waals surface area (Å²) in [5.41, 5.74) is 2.47. The average Bonchev–Trinajstić information content (AvgIpc) is 2.59. The fraction of sp³-hybridized carbons (Fsp3) is 0.250. The van der Waals surface area contributed by atoms with Crippen LogP contribution in [0.3, 0.4) is 0 Å². The van der Waals surface area contributed by atoms with Crippen LogP contribution in [0.4, 0.5) is 0 Å². The van der Waals surface area contributed by atoms with Crippen LogP contribution in [0.25, 0.3) is 22.0 Å². The Balaban J connectivity index is 2.39. The van der Waals surface area contributed by atoms with Crippen LogP contribution in [0, 0.1) is 13.8 Å². The molecule has 0 atom stereocenters. The lowest BCUT2D eigenvalue weighted by Crippen LogP contribution is -1.91. The Morgan fingerprint density at radius 2 is 2.00 bits per heavy atom. The second kappa shape index (κ2) is 5.33. The highest BCUT2D eigenvalue weighted by molar-refractivity contribution is 5.95. The first-order chi connectivity index (χ1) is 12.5. The lowest BCUT2D eigenvalue weighted by molar-refractivity contribution is 0.869. The molecule has 0 bridgehead atoms. The summed E-state index contributed by atoms with van der Waals surface area (Å²) in [6.07, 6.45) is -0.185. The van der Waals surface area contributed by atoms with Gasteiger partial charge in [0.2, 0.25) is 0 Å². The highest BCUT2D eigenvalue weighted by Crippen LogP contribution is 2.29. The first kappa shape index (κ1) is 8.33. The average molecular weight is 281 g/mol. The minimum absolute atomic E-state index is 0.0338. The van der Waals surface area contributed by atoms with Crippen molar-refractivity contribution in [2.45, 2.75) is 33.5 Å². The van der Waals surface area contributed by atoms with Gasteiger partial charge in [-0.1, -0.05) is 49.2 Å². The number of hydrogen-bond donors (Lipinski definition) is 0. The predicted molar refractivity (Wildman–Crippen MR) is 90.7 cm³/mol. The van der Waals surface area contributed by atoms with Gasteiger partial charge in [0.15, 0.2) is 0 Å². The van der Waals surface area contributed by atoms with Crippen molar-refractivity contribution in [1.82, 2.24) is 4.98 Å². The van der Waals surface area contributed by atoms with E-state index in [0.29, 0.717) is 27.6 Å². The van der Waals surface area contributed by atoms with E-state index in [1.54, 1.807) is 6.92 Å². The van der Waals surface area contributed by atoms with E-state index in [2.05, 4.69) is 18.8 Å². The third-order valence-corrected chi connectivity index (χ3v) is 3.58. The minimum atomic E-state index is -2.30. The highest BCUT2D eigenvalue weighted by Gasteiger charge is 2.08. The number of fused-ring (bicyclic) bond motifs is 1. The molecule has 0 aliphatic carbocycles. The van der Waals surface area contributed by atoms with E-state index in [1.807, 2.05) is 18.2 Å². The van der Waals surface area contributed by atoms with Gasteiger partial charge in [0.25, 0.3) is 0 Å². The second-order valence-corrected chi connectivity index (χ2v) is 5.62. The molecule has 106 valence electrons. The summed E-state index contributed by atoms with van der Waals surface area (Å²) >= 11 is 0. The summed E-state index contributed by atoms with van der Waals surface area (Å²) in [5, 5.41) is 1.24. The maximum Gasteiger partial charge on any atom is 0.0840 e. The molecule has 3 aromatic rings. The van der Waals surface area contributed by atoms with Gasteiger partial charge in [-0.2, -0.15) is 0 Å². The van der Waals surface area contributed by atoms with Gasteiger partial charge in [-0.05, 0) is 48.8 Å². The molecule has 0 aliphatic heterocycles. The van der Waals surface area contributed by atoms with Crippen molar-refractivity contribution in [1.29, 1.82) is 0 Å².